The lowest BCUT2D eigenvalue weighted by atomic mass is 9.87. The molecule has 3 aromatic rings. The summed E-state index contributed by atoms with van der Waals surface area (Å²) in [5.41, 5.74) is 4.49. The minimum atomic E-state index is -0.230. The number of fused-ring (bicyclic) bond motifs is 1. The molecular formula is C21H17BrFNO. The lowest BCUT2D eigenvalue weighted by Crippen LogP contribution is -2.36. The summed E-state index contributed by atoms with van der Waals surface area (Å²) >= 11 is 3.49. The van der Waals surface area contributed by atoms with Crippen LogP contribution in [0.15, 0.2) is 71.2 Å². The van der Waals surface area contributed by atoms with Gasteiger partial charge in [0.15, 0.2) is 0 Å². The third-order valence-corrected chi connectivity index (χ3v) is 5.23. The molecule has 0 radical (unpaired) electrons. The first kappa shape index (κ1) is 16.2. The highest BCUT2D eigenvalue weighted by molar-refractivity contribution is 9.10. The number of aromatic hydroxyl groups is 1. The van der Waals surface area contributed by atoms with Crippen molar-refractivity contribution < 1.29 is 9.50 Å². The Balaban J connectivity index is 1.84. The number of benzene rings is 3. The van der Waals surface area contributed by atoms with E-state index in [1.807, 2.05) is 36.4 Å². The Hall–Kier alpha value is -2.33. The molecule has 4 heteroatoms. The van der Waals surface area contributed by atoms with E-state index in [9.17, 15) is 9.50 Å². The van der Waals surface area contributed by atoms with Crippen molar-refractivity contribution in [3.05, 3.63) is 93.7 Å². The first-order valence-electron chi connectivity index (χ1n) is 8.21. The summed E-state index contributed by atoms with van der Waals surface area (Å²) in [5.74, 6) is 0.0646. The molecule has 0 fully saturated rings. The number of halogens is 2. The predicted molar refractivity (Wildman–Crippen MR) is 102 cm³/mol. The van der Waals surface area contributed by atoms with Crippen molar-refractivity contribution in [3.8, 4) is 5.75 Å². The van der Waals surface area contributed by atoms with E-state index in [0.29, 0.717) is 5.75 Å². The molecule has 1 aliphatic heterocycles. The van der Waals surface area contributed by atoms with Gasteiger partial charge >= 0.3 is 0 Å². The molecule has 0 saturated heterocycles. The molecule has 1 aliphatic rings. The normalized spacial score (nSPS) is 16.6. The third kappa shape index (κ3) is 3.14. The van der Waals surface area contributed by atoms with E-state index in [-0.39, 0.29) is 11.9 Å². The zero-order valence-corrected chi connectivity index (χ0v) is 15.1. The lowest BCUT2D eigenvalue weighted by Gasteiger charge is -2.39. The van der Waals surface area contributed by atoms with Crippen LogP contribution in [0.5, 0.6) is 5.75 Å². The maximum Gasteiger partial charge on any atom is 0.123 e. The predicted octanol–water partition coefficient (Wildman–Crippen LogP) is 5.45. The zero-order valence-electron chi connectivity index (χ0n) is 13.5. The van der Waals surface area contributed by atoms with Crippen LogP contribution >= 0.6 is 15.9 Å². The van der Waals surface area contributed by atoms with Gasteiger partial charge < -0.3 is 10.0 Å². The van der Waals surface area contributed by atoms with Crippen LogP contribution in [-0.2, 0) is 6.42 Å². The van der Waals surface area contributed by atoms with Crippen LogP contribution in [0.25, 0.3) is 0 Å². The summed E-state index contributed by atoms with van der Waals surface area (Å²) < 4.78 is 14.4. The summed E-state index contributed by atoms with van der Waals surface area (Å²) in [4.78, 5) is 2.29. The first-order valence-corrected chi connectivity index (χ1v) is 9.00. The molecule has 2 nitrogen and oxygen atoms in total. The number of nitrogens with zero attached hydrogens (tertiary/aromatic N) is 1. The van der Waals surface area contributed by atoms with Gasteiger partial charge in [0, 0.05) is 16.7 Å². The van der Waals surface area contributed by atoms with Crippen molar-refractivity contribution in [2.75, 3.05) is 11.4 Å². The van der Waals surface area contributed by atoms with Crippen LogP contribution in [0, 0.1) is 5.82 Å². The highest BCUT2D eigenvalue weighted by Gasteiger charge is 2.29. The van der Waals surface area contributed by atoms with E-state index < -0.39 is 0 Å². The number of phenols is 1. The van der Waals surface area contributed by atoms with Crippen LogP contribution in [0.1, 0.15) is 22.7 Å². The molecule has 0 aromatic heterocycles. The van der Waals surface area contributed by atoms with Crippen LogP contribution < -0.4 is 4.90 Å². The minimum Gasteiger partial charge on any atom is -0.508 e. The average molecular weight is 398 g/mol. The van der Waals surface area contributed by atoms with Gasteiger partial charge in [0.1, 0.15) is 11.6 Å². The molecule has 1 heterocycles. The van der Waals surface area contributed by atoms with E-state index >= 15 is 0 Å². The molecule has 0 bridgehead atoms. The van der Waals surface area contributed by atoms with Gasteiger partial charge in [-0.25, -0.2) is 4.39 Å². The van der Waals surface area contributed by atoms with Gasteiger partial charge in [-0.15, -0.1) is 0 Å². The second-order valence-electron chi connectivity index (χ2n) is 6.26. The number of anilines is 1. The van der Waals surface area contributed by atoms with E-state index in [2.05, 4.69) is 33.0 Å². The maximum atomic E-state index is 13.4. The lowest BCUT2D eigenvalue weighted by molar-refractivity contribution is 0.473. The Kier molecular flexibility index (Phi) is 4.22. The van der Waals surface area contributed by atoms with Gasteiger partial charge in [-0.1, -0.05) is 34.1 Å². The fraction of sp³-hybridized carbons (Fsp3) is 0.143. The average Bonchev–Trinajstić information content (AvgIpc) is 2.62. The number of phenolic OH excluding ortho intramolecular Hbond substituents is 1. The van der Waals surface area contributed by atoms with Crippen molar-refractivity contribution in [2.45, 2.75) is 12.5 Å². The van der Waals surface area contributed by atoms with Crippen molar-refractivity contribution in [2.24, 2.45) is 0 Å². The van der Waals surface area contributed by atoms with E-state index in [1.165, 1.54) is 23.3 Å². The fourth-order valence-electron chi connectivity index (χ4n) is 3.53. The van der Waals surface area contributed by atoms with Crippen LogP contribution in [0.4, 0.5) is 10.1 Å². The van der Waals surface area contributed by atoms with Gasteiger partial charge in [-0.3, -0.25) is 0 Å². The molecule has 4 rings (SSSR count). The molecule has 1 unspecified atom stereocenters. The van der Waals surface area contributed by atoms with Crippen molar-refractivity contribution in [1.82, 2.24) is 0 Å². The third-order valence-electron chi connectivity index (χ3n) is 4.70. The second-order valence-corrected chi connectivity index (χ2v) is 7.17. The molecular weight excluding hydrogens is 381 g/mol. The van der Waals surface area contributed by atoms with Gasteiger partial charge in [0.2, 0.25) is 0 Å². The van der Waals surface area contributed by atoms with Gasteiger partial charge in [-0.05, 0) is 71.6 Å². The van der Waals surface area contributed by atoms with Crippen molar-refractivity contribution >= 4 is 21.6 Å². The molecule has 0 aliphatic carbocycles. The summed E-state index contributed by atoms with van der Waals surface area (Å²) in [5, 5.41) is 9.83. The topological polar surface area (TPSA) is 23.5 Å². The highest BCUT2D eigenvalue weighted by atomic mass is 79.9. The number of hydrogen-bond acceptors (Lipinski definition) is 2. The standard InChI is InChI=1S/C21H17BrFNO/c22-16-3-1-14(2-4-16)21-20-10-9-19(25)13-15(20)11-12-24(21)18-7-5-17(23)6-8-18/h1-10,13,21,25H,11-12H2. The van der Waals surface area contributed by atoms with Crippen molar-refractivity contribution in [3.63, 3.8) is 0 Å². The Bertz CT molecular complexity index is 893. The largest absolute Gasteiger partial charge is 0.508 e. The monoisotopic (exact) mass is 397 g/mol. The minimum absolute atomic E-state index is 0.0305. The van der Waals surface area contributed by atoms with Gasteiger partial charge in [0.05, 0.1) is 6.04 Å². The van der Waals surface area contributed by atoms with E-state index in [0.717, 1.165) is 28.7 Å². The Morgan fingerprint density at radius 3 is 2.40 bits per heavy atom. The SMILES string of the molecule is Oc1ccc2c(c1)CCN(c1ccc(F)cc1)C2c1ccc(Br)cc1. The van der Waals surface area contributed by atoms with Crippen molar-refractivity contribution in [1.29, 1.82) is 0 Å². The number of rotatable bonds is 2. The van der Waals surface area contributed by atoms with Gasteiger partial charge in [-0.2, -0.15) is 0 Å². The molecule has 0 spiro atoms. The summed E-state index contributed by atoms with van der Waals surface area (Å²) in [6.45, 7) is 0.808. The van der Waals surface area contributed by atoms with Crippen LogP contribution in [0.3, 0.4) is 0 Å². The molecule has 1 N–H and O–H groups in total. The second kappa shape index (κ2) is 6.52. The summed E-state index contributed by atoms with van der Waals surface area (Å²) in [6.07, 6.45) is 0.841. The van der Waals surface area contributed by atoms with Gasteiger partial charge in [0.25, 0.3) is 0 Å². The first-order chi connectivity index (χ1) is 12.1. The summed E-state index contributed by atoms with van der Waals surface area (Å²) in [7, 11) is 0. The highest BCUT2D eigenvalue weighted by Crippen LogP contribution is 2.39. The molecule has 3 aromatic carbocycles. The smallest absolute Gasteiger partial charge is 0.123 e. The molecule has 25 heavy (non-hydrogen) atoms. The van der Waals surface area contributed by atoms with E-state index in [4.69, 9.17) is 0 Å². The molecule has 0 amide bonds. The molecule has 126 valence electrons. The van der Waals surface area contributed by atoms with Crippen LogP contribution in [-0.4, -0.2) is 11.7 Å². The zero-order chi connectivity index (χ0) is 17.4. The molecule has 0 saturated carbocycles. The summed E-state index contributed by atoms with van der Waals surface area (Å²) in [6, 6.07) is 20.5. The van der Waals surface area contributed by atoms with E-state index in [1.54, 1.807) is 6.07 Å². The maximum absolute atomic E-state index is 13.4. The number of hydrogen-bond donors (Lipinski definition) is 1. The Morgan fingerprint density at radius 1 is 0.960 bits per heavy atom. The van der Waals surface area contributed by atoms with Crippen LogP contribution in [0.2, 0.25) is 0 Å². The fourth-order valence-corrected chi connectivity index (χ4v) is 3.79. The molecule has 1 atom stereocenters. The Morgan fingerprint density at radius 2 is 1.68 bits per heavy atom. The Labute approximate surface area is 154 Å². The quantitative estimate of drug-likeness (QED) is 0.621.